The summed E-state index contributed by atoms with van der Waals surface area (Å²) in [4.78, 5) is 12.5. The summed E-state index contributed by atoms with van der Waals surface area (Å²) in [6.45, 7) is 4.91. The van der Waals surface area contributed by atoms with Crippen molar-refractivity contribution in [3.05, 3.63) is 17.0 Å². The number of rotatable bonds is 5. The Morgan fingerprint density at radius 3 is 2.79 bits per heavy atom. The van der Waals surface area contributed by atoms with E-state index < -0.39 is 6.41 Å². The number of hydrogen-bond donors (Lipinski definition) is 1. The second kappa shape index (κ2) is 6.79. The number of aliphatic imine (C=N–C) groups is 1. The molecule has 6 nitrogen and oxygen atoms in total. The topological polar surface area (TPSA) is 68.6 Å². The van der Waals surface area contributed by atoms with E-state index in [9.17, 15) is 0 Å². The van der Waals surface area contributed by atoms with Crippen LogP contribution in [0.2, 0.25) is 5.28 Å². The molecule has 0 atom stereocenters. The Bertz CT molecular complexity index is 461. The molecule has 1 aliphatic heterocycles. The number of amidine groups is 1. The van der Waals surface area contributed by atoms with Crippen molar-refractivity contribution in [2.24, 2.45) is 4.99 Å². The van der Waals surface area contributed by atoms with Crippen LogP contribution in [0, 0.1) is 0 Å². The molecule has 1 N–H and O–H groups in total. The molecule has 0 aromatic carbocycles. The Kier molecular flexibility index (Phi) is 5.07. The van der Waals surface area contributed by atoms with E-state index in [2.05, 4.69) is 20.3 Å². The molecule has 0 spiro atoms. The number of hydrogen-bond acceptors (Lipinski definition) is 5. The van der Waals surface area contributed by atoms with Crippen LogP contribution in [0.15, 0.2) is 11.2 Å². The summed E-state index contributed by atoms with van der Waals surface area (Å²) < 4.78 is 10.8. The van der Waals surface area contributed by atoms with Gasteiger partial charge in [0.25, 0.3) is 6.41 Å². The van der Waals surface area contributed by atoms with E-state index in [-0.39, 0.29) is 5.28 Å². The van der Waals surface area contributed by atoms with Crippen molar-refractivity contribution in [2.45, 2.75) is 33.1 Å². The number of aryl methyl sites for hydroxylation is 1. The summed E-state index contributed by atoms with van der Waals surface area (Å²) in [7, 11) is 0. The maximum absolute atomic E-state index is 5.78. The van der Waals surface area contributed by atoms with Crippen LogP contribution in [0.4, 0.5) is 5.82 Å². The van der Waals surface area contributed by atoms with Crippen molar-refractivity contribution in [3.63, 3.8) is 0 Å². The molecule has 0 radical (unpaired) electrons. The van der Waals surface area contributed by atoms with E-state index in [4.69, 9.17) is 21.1 Å². The van der Waals surface area contributed by atoms with Gasteiger partial charge in [0.1, 0.15) is 11.7 Å². The fourth-order valence-electron chi connectivity index (χ4n) is 1.76. The largest absolute Gasteiger partial charge is 0.334 e. The van der Waals surface area contributed by atoms with Gasteiger partial charge >= 0.3 is 0 Å². The predicted molar refractivity (Wildman–Crippen MR) is 73.5 cm³/mol. The third-order valence-electron chi connectivity index (χ3n) is 2.61. The molecule has 0 aliphatic carbocycles. The van der Waals surface area contributed by atoms with Gasteiger partial charge in [-0.2, -0.15) is 0 Å². The molecule has 0 bridgehead atoms. The summed E-state index contributed by atoms with van der Waals surface area (Å²) in [5.41, 5.74) is 1.03. The summed E-state index contributed by atoms with van der Waals surface area (Å²) >= 11 is 5.78. The van der Waals surface area contributed by atoms with Crippen molar-refractivity contribution in [2.75, 3.05) is 18.5 Å². The lowest BCUT2D eigenvalue weighted by atomic mass is 10.1. The molecular weight excluding hydrogens is 268 g/mol. The maximum Gasteiger partial charge on any atom is 0.259 e. The first-order valence-electron chi connectivity index (χ1n) is 6.31. The highest BCUT2D eigenvalue weighted by Gasteiger charge is 2.17. The fraction of sp³-hybridized carbons (Fsp3) is 0.583. The molecule has 0 saturated heterocycles. The van der Waals surface area contributed by atoms with Gasteiger partial charge in [0.05, 0.1) is 0 Å². The van der Waals surface area contributed by atoms with Gasteiger partial charge in [0.15, 0.2) is 0 Å². The lowest BCUT2D eigenvalue weighted by molar-refractivity contribution is -0.129. The smallest absolute Gasteiger partial charge is 0.259 e. The average Bonchev–Trinajstić information content (AvgIpc) is 2.39. The van der Waals surface area contributed by atoms with Crippen LogP contribution in [0.5, 0.6) is 0 Å². The van der Waals surface area contributed by atoms with E-state index >= 15 is 0 Å². The molecule has 0 saturated carbocycles. The highest BCUT2D eigenvalue weighted by molar-refractivity contribution is 6.28. The van der Waals surface area contributed by atoms with E-state index in [1.54, 1.807) is 6.20 Å². The maximum atomic E-state index is 5.78. The van der Waals surface area contributed by atoms with Crippen LogP contribution in [0.1, 0.15) is 25.8 Å². The molecule has 2 heterocycles. The first-order valence-corrected chi connectivity index (χ1v) is 6.69. The summed E-state index contributed by atoms with van der Waals surface area (Å²) in [6, 6.07) is 0. The Morgan fingerprint density at radius 1 is 1.37 bits per heavy atom. The quantitative estimate of drug-likeness (QED) is 0.663. The number of aromatic nitrogens is 2. The lowest BCUT2D eigenvalue weighted by Crippen LogP contribution is -2.25. The number of nitrogens with one attached hydrogen (secondary N) is 1. The van der Waals surface area contributed by atoms with Gasteiger partial charge in [-0.3, -0.25) is 0 Å². The minimum absolute atomic E-state index is 0.221. The molecule has 1 aromatic heterocycles. The lowest BCUT2D eigenvalue weighted by Gasteiger charge is -2.20. The number of fused-ring (bicyclic) bond motifs is 1. The van der Waals surface area contributed by atoms with Crippen molar-refractivity contribution in [1.82, 2.24) is 9.97 Å². The van der Waals surface area contributed by atoms with Gasteiger partial charge in [0.2, 0.25) is 5.28 Å². The molecule has 7 heteroatoms. The molecular formula is C12H17ClN4O2. The van der Waals surface area contributed by atoms with Gasteiger partial charge in [-0.1, -0.05) is 0 Å². The zero-order valence-corrected chi connectivity index (χ0v) is 11.8. The van der Waals surface area contributed by atoms with Gasteiger partial charge in [0, 0.05) is 31.4 Å². The van der Waals surface area contributed by atoms with Gasteiger partial charge in [-0.25, -0.2) is 15.0 Å². The third kappa shape index (κ3) is 3.86. The van der Waals surface area contributed by atoms with Crippen LogP contribution in [-0.4, -0.2) is 35.4 Å². The molecule has 1 aliphatic rings. The Labute approximate surface area is 117 Å². The number of halogens is 1. The first kappa shape index (κ1) is 14.2. The zero-order chi connectivity index (χ0) is 13.7. The monoisotopic (exact) mass is 284 g/mol. The van der Waals surface area contributed by atoms with Crippen LogP contribution in [0.3, 0.4) is 0 Å². The van der Waals surface area contributed by atoms with Gasteiger partial charge in [-0.15, -0.1) is 0 Å². The van der Waals surface area contributed by atoms with Crippen LogP contribution >= 0.6 is 11.6 Å². The minimum Gasteiger partial charge on any atom is -0.334 e. The molecule has 1 aromatic rings. The van der Waals surface area contributed by atoms with Crippen molar-refractivity contribution >= 4 is 23.3 Å². The van der Waals surface area contributed by atoms with E-state index in [1.807, 2.05) is 13.8 Å². The van der Waals surface area contributed by atoms with Gasteiger partial charge in [-0.05, 0) is 31.9 Å². The zero-order valence-electron chi connectivity index (χ0n) is 11.0. The van der Waals surface area contributed by atoms with E-state index in [0.29, 0.717) is 19.0 Å². The molecule has 19 heavy (non-hydrogen) atoms. The van der Waals surface area contributed by atoms with Gasteiger partial charge < -0.3 is 14.8 Å². The second-order valence-electron chi connectivity index (χ2n) is 3.93. The molecule has 0 amide bonds. The van der Waals surface area contributed by atoms with E-state index in [1.165, 1.54) is 0 Å². The number of ether oxygens (including phenoxy) is 2. The normalized spacial score (nSPS) is 16.5. The van der Waals surface area contributed by atoms with Crippen molar-refractivity contribution in [3.8, 4) is 0 Å². The van der Waals surface area contributed by atoms with Crippen molar-refractivity contribution < 1.29 is 9.47 Å². The summed E-state index contributed by atoms with van der Waals surface area (Å²) in [6.07, 6.45) is 2.76. The Balaban J connectivity index is 2.10. The first-order chi connectivity index (χ1) is 9.22. The third-order valence-corrected chi connectivity index (χ3v) is 2.79. The second-order valence-corrected chi connectivity index (χ2v) is 4.27. The standard InChI is InChI=1S/C12H17ClN4O2/c1-3-18-12(19-4-2)16-9-6-5-8-7-14-11(13)17-10(8)15-9/h7,12H,3-6H2,1-2H3,(H,14,15,16,17). The molecule has 0 unspecified atom stereocenters. The summed E-state index contributed by atoms with van der Waals surface area (Å²) in [5, 5.41) is 3.36. The number of nitrogens with zero attached hydrogens (tertiary/aromatic N) is 3. The Hall–Kier alpha value is -1.24. The molecule has 0 fully saturated rings. The highest BCUT2D eigenvalue weighted by atomic mass is 35.5. The molecule has 2 rings (SSSR count). The average molecular weight is 285 g/mol. The van der Waals surface area contributed by atoms with Crippen LogP contribution in [0.25, 0.3) is 0 Å². The van der Waals surface area contributed by atoms with Crippen molar-refractivity contribution in [1.29, 1.82) is 0 Å². The number of anilines is 1. The van der Waals surface area contributed by atoms with Crippen LogP contribution in [-0.2, 0) is 15.9 Å². The minimum atomic E-state index is -0.573. The SMILES string of the molecule is CCOC(/N=C1\CCc2cnc(Cl)nc2N1)OCC. The van der Waals surface area contributed by atoms with Crippen LogP contribution < -0.4 is 5.32 Å². The molecule has 104 valence electrons. The van der Waals surface area contributed by atoms with E-state index in [0.717, 1.165) is 24.2 Å². The fourth-order valence-corrected chi connectivity index (χ4v) is 1.89. The highest BCUT2D eigenvalue weighted by Crippen LogP contribution is 2.21. The summed E-state index contributed by atoms with van der Waals surface area (Å²) in [5.74, 6) is 1.49. The Morgan fingerprint density at radius 2 is 2.11 bits per heavy atom. The predicted octanol–water partition coefficient (Wildman–Crippen LogP) is 2.24.